The topological polar surface area (TPSA) is 197 Å². The van der Waals surface area contributed by atoms with Gasteiger partial charge >= 0.3 is 12.1 Å². The lowest BCUT2D eigenvalue weighted by Gasteiger charge is -2.49. The summed E-state index contributed by atoms with van der Waals surface area (Å²) in [5.41, 5.74) is 6.83. The van der Waals surface area contributed by atoms with Crippen molar-refractivity contribution in [3.05, 3.63) is 22.3 Å². The molecule has 0 unspecified atom stereocenters. The summed E-state index contributed by atoms with van der Waals surface area (Å²) in [7, 11) is 3.90. The van der Waals surface area contributed by atoms with Crippen LogP contribution in [0.15, 0.2) is 21.8 Å². The standard InChI is InChI=1S/C27H37N9O7S3/c1-15(42-27(40)43-18-7-5-4-6-8-18)41-24(39)21-16(13-46-26-31-32-33-35(26)10-9-34(2)3)12-44-23-20(22(38)36(21)23)30-19(37)11-17-14-45-25(28)29-17/h14-15,18,20,23H,4-13H2,1-3H3,(H2,28,29)(H,30,37)/t15-,20-,23-/m0/s1. The lowest BCUT2D eigenvalue weighted by atomic mass is 9.98. The molecule has 0 aromatic carbocycles. The van der Waals surface area contributed by atoms with Crippen LogP contribution in [0.25, 0.3) is 0 Å². The summed E-state index contributed by atoms with van der Waals surface area (Å²) in [6, 6.07) is -0.844. The number of thiazole rings is 1. The maximum atomic E-state index is 13.6. The molecule has 2 aromatic rings. The molecule has 2 aliphatic heterocycles. The maximum absolute atomic E-state index is 13.6. The van der Waals surface area contributed by atoms with Crippen LogP contribution < -0.4 is 11.1 Å². The molecule has 2 fully saturated rings. The third-order valence-corrected chi connectivity index (χ3v) is 10.6. The smallest absolute Gasteiger partial charge is 0.431 e. The first kappa shape index (κ1) is 33.9. The molecule has 1 saturated heterocycles. The van der Waals surface area contributed by atoms with Crippen molar-refractivity contribution >= 4 is 63.9 Å². The Bertz CT molecular complexity index is 1460. The zero-order valence-corrected chi connectivity index (χ0v) is 28.2. The van der Waals surface area contributed by atoms with E-state index in [4.69, 9.17) is 19.9 Å². The number of carbonyl (C=O) groups excluding carboxylic acids is 4. The first-order chi connectivity index (χ1) is 22.1. The van der Waals surface area contributed by atoms with Crippen molar-refractivity contribution in [3.8, 4) is 0 Å². The number of tetrazole rings is 1. The van der Waals surface area contributed by atoms with Crippen molar-refractivity contribution in [2.45, 2.75) is 81.0 Å². The van der Waals surface area contributed by atoms with Gasteiger partial charge in [0.1, 0.15) is 23.2 Å². The molecule has 0 bridgehead atoms. The van der Waals surface area contributed by atoms with Gasteiger partial charge in [-0.3, -0.25) is 14.5 Å². The van der Waals surface area contributed by atoms with Gasteiger partial charge < -0.3 is 30.2 Å². The molecule has 1 aliphatic carbocycles. The fourth-order valence-corrected chi connectivity index (χ4v) is 8.13. The summed E-state index contributed by atoms with van der Waals surface area (Å²) in [6.07, 6.45) is 2.14. The van der Waals surface area contributed by atoms with E-state index >= 15 is 0 Å². The second kappa shape index (κ2) is 15.4. The number of likely N-dealkylation sites (N-methyl/N-ethyl adjacent to an activating group) is 1. The van der Waals surface area contributed by atoms with Crippen molar-refractivity contribution in [2.24, 2.45) is 0 Å². The quantitative estimate of drug-likeness (QED) is 0.133. The van der Waals surface area contributed by atoms with Crippen molar-refractivity contribution < 1.29 is 33.4 Å². The van der Waals surface area contributed by atoms with Crippen LogP contribution in [0.4, 0.5) is 9.93 Å². The minimum Gasteiger partial charge on any atom is -0.431 e. The van der Waals surface area contributed by atoms with E-state index in [2.05, 4.69) is 25.8 Å². The van der Waals surface area contributed by atoms with Crippen LogP contribution in [-0.4, -0.2) is 115 Å². The minimum absolute atomic E-state index is 0.0319. The summed E-state index contributed by atoms with van der Waals surface area (Å²) in [4.78, 5) is 59.6. The van der Waals surface area contributed by atoms with Crippen LogP contribution in [0.3, 0.4) is 0 Å². The maximum Gasteiger partial charge on any atom is 0.511 e. The molecule has 1 saturated carbocycles. The predicted octanol–water partition coefficient (Wildman–Crippen LogP) is 1.64. The molecule has 0 radical (unpaired) electrons. The van der Waals surface area contributed by atoms with Crippen LogP contribution in [0.1, 0.15) is 44.7 Å². The Morgan fingerprint density at radius 1 is 1.22 bits per heavy atom. The molecular weight excluding hydrogens is 659 g/mol. The van der Waals surface area contributed by atoms with Crippen LogP contribution in [-0.2, 0) is 41.6 Å². The molecule has 3 aliphatic rings. The van der Waals surface area contributed by atoms with E-state index in [0.717, 1.165) is 38.6 Å². The van der Waals surface area contributed by atoms with Gasteiger partial charge in [0.25, 0.3) is 5.91 Å². The van der Waals surface area contributed by atoms with Crippen molar-refractivity contribution in [1.82, 2.24) is 40.3 Å². The van der Waals surface area contributed by atoms with E-state index in [1.165, 1.54) is 46.7 Å². The van der Waals surface area contributed by atoms with Crippen LogP contribution in [0.2, 0.25) is 0 Å². The van der Waals surface area contributed by atoms with Gasteiger partial charge in [-0.2, -0.15) is 0 Å². The third kappa shape index (κ3) is 8.48. The van der Waals surface area contributed by atoms with E-state index in [0.29, 0.717) is 33.9 Å². The molecule has 16 nitrogen and oxygen atoms in total. The van der Waals surface area contributed by atoms with E-state index in [-0.39, 0.29) is 29.9 Å². The number of amides is 2. The lowest BCUT2D eigenvalue weighted by Crippen LogP contribution is -2.70. The minimum atomic E-state index is -1.27. The van der Waals surface area contributed by atoms with Crippen molar-refractivity contribution in [3.63, 3.8) is 0 Å². The largest absolute Gasteiger partial charge is 0.511 e. The Labute approximate surface area is 278 Å². The summed E-state index contributed by atoms with van der Waals surface area (Å²) in [5.74, 6) is -1.01. The highest BCUT2D eigenvalue weighted by molar-refractivity contribution is 8.01. The third-order valence-electron chi connectivity index (χ3n) is 7.45. The highest BCUT2D eigenvalue weighted by Crippen LogP contribution is 2.42. The number of nitrogens with one attached hydrogen (secondary N) is 1. The number of fused-ring (bicyclic) bond motifs is 1. The van der Waals surface area contributed by atoms with Gasteiger partial charge in [0.05, 0.1) is 18.7 Å². The van der Waals surface area contributed by atoms with E-state index in [1.807, 2.05) is 19.0 Å². The average Bonchev–Trinajstić information content (AvgIpc) is 3.65. The van der Waals surface area contributed by atoms with Gasteiger partial charge in [-0.25, -0.2) is 19.3 Å². The van der Waals surface area contributed by atoms with Crippen LogP contribution in [0.5, 0.6) is 0 Å². The molecule has 250 valence electrons. The second-order valence-electron chi connectivity index (χ2n) is 11.3. The van der Waals surface area contributed by atoms with Crippen molar-refractivity contribution in [2.75, 3.05) is 37.9 Å². The zero-order chi connectivity index (χ0) is 32.8. The van der Waals surface area contributed by atoms with E-state index in [9.17, 15) is 19.2 Å². The number of esters is 1. The fourth-order valence-electron chi connectivity index (χ4n) is 5.18. The highest BCUT2D eigenvalue weighted by atomic mass is 32.2. The molecule has 2 amide bonds. The molecule has 4 heterocycles. The summed E-state index contributed by atoms with van der Waals surface area (Å²) in [6.45, 7) is 2.70. The highest BCUT2D eigenvalue weighted by Gasteiger charge is 2.54. The molecule has 5 rings (SSSR count). The van der Waals surface area contributed by atoms with Gasteiger partial charge in [-0.05, 0) is 55.8 Å². The Balaban J connectivity index is 1.27. The fraction of sp³-hybridized carbons (Fsp3) is 0.630. The Kier molecular flexibility index (Phi) is 11.4. The van der Waals surface area contributed by atoms with Crippen LogP contribution in [0, 0.1) is 0 Å². The number of rotatable bonds is 13. The number of hydrogen-bond acceptors (Lipinski definition) is 16. The van der Waals surface area contributed by atoms with Gasteiger partial charge in [0.2, 0.25) is 17.4 Å². The molecule has 3 N–H and O–H groups in total. The first-order valence-electron chi connectivity index (χ1n) is 14.9. The number of hydrogen-bond donors (Lipinski definition) is 2. The van der Waals surface area contributed by atoms with E-state index in [1.54, 1.807) is 10.1 Å². The van der Waals surface area contributed by atoms with Gasteiger partial charge in [0, 0.05) is 30.4 Å². The molecule has 19 heteroatoms. The van der Waals surface area contributed by atoms with Crippen LogP contribution >= 0.6 is 34.9 Å². The van der Waals surface area contributed by atoms with Gasteiger partial charge in [0.15, 0.2) is 5.13 Å². The summed E-state index contributed by atoms with van der Waals surface area (Å²) >= 11 is 3.97. The van der Waals surface area contributed by atoms with E-state index < -0.39 is 35.7 Å². The Morgan fingerprint density at radius 3 is 2.72 bits per heavy atom. The second-order valence-corrected chi connectivity index (χ2v) is 14.2. The number of thioether (sulfide) groups is 2. The normalized spacial score (nSPS) is 20.6. The Morgan fingerprint density at radius 2 is 2.00 bits per heavy atom. The molecule has 0 spiro atoms. The Hall–Kier alpha value is -3.42. The SMILES string of the molecule is C[C@H](OC(=O)OC1CCCCC1)OC(=O)C1=C(CSc2nnnn2CCN(C)C)CS[C@H]2[C@@H](NC(=O)Cc3csc(N)n3)C(=O)N12. The summed E-state index contributed by atoms with van der Waals surface area (Å²) in [5, 5.41) is 16.8. The number of nitrogens with two attached hydrogens (primary N) is 1. The van der Waals surface area contributed by atoms with Crippen molar-refractivity contribution in [1.29, 1.82) is 0 Å². The number of nitrogens with zero attached hydrogens (tertiary/aromatic N) is 7. The molecule has 2 aromatic heterocycles. The number of β-lactam (4-membered cyclic amide) rings is 1. The monoisotopic (exact) mass is 695 g/mol. The van der Waals surface area contributed by atoms with Gasteiger partial charge in [-0.15, -0.1) is 28.2 Å². The zero-order valence-electron chi connectivity index (χ0n) is 25.7. The predicted molar refractivity (Wildman–Crippen MR) is 169 cm³/mol. The average molecular weight is 696 g/mol. The number of aromatic nitrogens is 5. The molecule has 46 heavy (non-hydrogen) atoms. The first-order valence-corrected chi connectivity index (χ1v) is 17.8. The number of carbonyl (C=O) groups is 4. The lowest BCUT2D eigenvalue weighted by molar-refractivity contribution is -0.170. The van der Waals surface area contributed by atoms with Gasteiger partial charge in [-0.1, -0.05) is 18.2 Å². The molecular formula is C27H37N9O7S3. The molecule has 3 atom stereocenters. The number of nitrogen functional groups attached to an aromatic ring is 1. The number of ether oxygens (including phenoxy) is 3. The summed E-state index contributed by atoms with van der Waals surface area (Å²) < 4.78 is 17.8. The number of anilines is 1.